The quantitative estimate of drug-likeness (QED) is 0.422. The van der Waals surface area contributed by atoms with E-state index >= 15 is 0 Å². The van der Waals surface area contributed by atoms with Crippen LogP contribution in [0.5, 0.6) is 5.75 Å². The van der Waals surface area contributed by atoms with Crippen LogP contribution in [0, 0.1) is 6.92 Å². The molecule has 0 bridgehead atoms. The molecule has 0 spiro atoms. The Balaban J connectivity index is 3.33. The molecule has 0 unspecified atom stereocenters. The third-order valence-electron chi connectivity index (χ3n) is 1.94. The number of hydrogen-bond acceptors (Lipinski definition) is 3. The number of amides is 1. The van der Waals surface area contributed by atoms with E-state index < -0.39 is 20.1 Å². The van der Waals surface area contributed by atoms with Crippen LogP contribution in [-0.4, -0.2) is 33.4 Å². The molecule has 0 aromatic heterocycles. The summed E-state index contributed by atoms with van der Waals surface area (Å²) in [6.45, 7) is 2.72. The van der Waals surface area contributed by atoms with Crippen molar-refractivity contribution in [3.8, 4) is 5.75 Å². The first-order valence-electron chi connectivity index (χ1n) is 4.39. The van der Waals surface area contributed by atoms with Crippen LogP contribution in [0.25, 0.3) is 0 Å². The normalized spacial score (nSPS) is 11.2. The van der Waals surface area contributed by atoms with Gasteiger partial charge in [0.25, 0.3) is 0 Å². The number of hydrogen-bond donors (Lipinski definition) is 4. The second-order valence-electron chi connectivity index (χ2n) is 3.38. The van der Waals surface area contributed by atoms with Gasteiger partial charge in [0, 0.05) is 0 Å². The summed E-state index contributed by atoms with van der Waals surface area (Å²) in [5.74, 6) is -0.650. The Morgan fingerprint density at radius 3 is 2.38 bits per heavy atom. The molecule has 0 aliphatic rings. The van der Waals surface area contributed by atoms with Crippen LogP contribution in [0.15, 0.2) is 12.1 Å². The van der Waals surface area contributed by atoms with Gasteiger partial charge >= 0.3 is 94.6 Å². The van der Waals surface area contributed by atoms with Crippen molar-refractivity contribution >= 4 is 30.1 Å². The van der Waals surface area contributed by atoms with Crippen LogP contribution in [-0.2, 0) is 8.53 Å². The molecular weight excluding hydrogens is 277 g/mol. The summed E-state index contributed by atoms with van der Waals surface area (Å²) in [6, 6.07) is 2.31. The van der Waals surface area contributed by atoms with Crippen LogP contribution >= 0.6 is 0 Å². The summed E-state index contributed by atoms with van der Waals surface area (Å²) in [5.41, 5.74) is 0.289. The summed E-state index contributed by atoms with van der Waals surface area (Å²) in [7, 11) is 0. The number of aromatic hydroxyl groups is 1. The van der Waals surface area contributed by atoms with Crippen LogP contribution in [0.2, 0.25) is 0 Å². The van der Waals surface area contributed by atoms with Crippen molar-refractivity contribution in [1.29, 1.82) is 0 Å². The fraction of sp³-hybridized carbons (Fsp3) is 0.222. The monoisotopic (exact) mass is 289 g/mol. The van der Waals surface area contributed by atoms with Gasteiger partial charge in [-0.25, -0.2) is 0 Å². The Labute approximate surface area is 94.9 Å². The number of nitrogens with one attached hydrogen (secondary N) is 1. The molecule has 0 saturated heterocycles. The Morgan fingerprint density at radius 2 is 1.94 bits per heavy atom. The molecule has 1 aromatic carbocycles. The summed E-state index contributed by atoms with van der Waals surface area (Å²) in [6.07, 6.45) is 0. The Bertz CT molecular complexity index is 479. The molecule has 1 amide bonds. The van der Waals surface area contributed by atoms with Gasteiger partial charge in [-0.15, -0.1) is 0 Å². The van der Waals surface area contributed by atoms with Crippen molar-refractivity contribution in [2.45, 2.75) is 13.8 Å². The first-order valence-corrected chi connectivity index (χ1v) is 7.77. The van der Waals surface area contributed by atoms with E-state index in [1.807, 2.05) is 0 Å². The van der Waals surface area contributed by atoms with Crippen molar-refractivity contribution in [2.75, 3.05) is 5.32 Å². The van der Waals surface area contributed by atoms with Crippen LogP contribution in [0.3, 0.4) is 0 Å². The molecule has 4 N–H and O–H groups in total. The SMILES string of the molecule is CC(=O)Nc1cc([As](=O)(O)O)c(C)cc1O. The third kappa shape index (κ3) is 2.88. The number of aryl methyl sites for hydroxylation is 1. The minimum atomic E-state index is -5.04. The fourth-order valence-electron chi connectivity index (χ4n) is 1.28. The molecule has 6 nitrogen and oxygen atoms in total. The predicted octanol–water partition coefficient (Wildman–Crippen LogP) is -0.780. The molecule has 0 aliphatic carbocycles. The average molecular weight is 289 g/mol. The van der Waals surface area contributed by atoms with Gasteiger partial charge in [0.2, 0.25) is 0 Å². The van der Waals surface area contributed by atoms with Gasteiger partial charge in [0.1, 0.15) is 0 Å². The van der Waals surface area contributed by atoms with Crippen molar-refractivity contribution in [2.24, 2.45) is 0 Å². The number of carbonyl (C=O) groups is 1. The third-order valence-corrected chi connectivity index (χ3v) is 4.27. The predicted molar refractivity (Wildman–Crippen MR) is 57.7 cm³/mol. The Morgan fingerprint density at radius 1 is 1.38 bits per heavy atom. The molecule has 7 heteroatoms. The van der Waals surface area contributed by atoms with Gasteiger partial charge in [0.05, 0.1) is 0 Å². The maximum absolute atomic E-state index is 11.2. The zero-order valence-electron chi connectivity index (χ0n) is 8.76. The van der Waals surface area contributed by atoms with E-state index in [1.165, 1.54) is 19.9 Å². The molecular formula is C9H12AsNO5. The molecule has 0 atom stereocenters. The number of rotatable bonds is 2. The number of benzene rings is 1. The van der Waals surface area contributed by atoms with Crippen LogP contribution in [0.1, 0.15) is 12.5 Å². The van der Waals surface area contributed by atoms with Gasteiger partial charge in [-0.2, -0.15) is 0 Å². The van der Waals surface area contributed by atoms with E-state index in [2.05, 4.69) is 5.32 Å². The number of phenols is 1. The fourth-order valence-corrected chi connectivity index (χ4v) is 3.01. The zero-order valence-corrected chi connectivity index (χ0v) is 10.6. The van der Waals surface area contributed by atoms with E-state index in [0.29, 0.717) is 5.56 Å². The molecule has 0 saturated carbocycles. The maximum atomic E-state index is 11.2. The molecule has 0 fully saturated rings. The first kappa shape index (κ1) is 12.8. The standard InChI is InChI=1S/C9H12AsNO5/c1-5-3-9(13)8(11-6(2)12)4-7(5)10(14,15)16/h3-4,13H,1-2H3,(H,11,12)(H2,14,15,16). The average Bonchev–Trinajstić information content (AvgIpc) is 2.06. The summed E-state index contributed by atoms with van der Waals surface area (Å²) in [5, 5.41) is 11.8. The van der Waals surface area contributed by atoms with Gasteiger partial charge in [-0.1, -0.05) is 0 Å². The van der Waals surface area contributed by atoms with Crippen molar-refractivity contribution in [1.82, 2.24) is 0 Å². The second-order valence-corrected chi connectivity index (χ2v) is 6.67. The van der Waals surface area contributed by atoms with Gasteiger partial charge in [-0.3, -0.25) is 0 Å². The van der Waals surface area contributed by atoms with E-state index in [9.17, 15) is 13.6 Å². The zero-order chi connectivity index (χ0) is 12.5. The van der Waals surface area contributed by atoms with Gasteiger partial charge in [-0.05, 0) is 0 Å². The van der Waals surface area contributed by atoms with Crippen LogP contribution in [0.4, 0.5) is 5.69 Å². The van der Waals surface area contributed by atoms with Gasteiger partial charge < -0.3 is 0 Å². The van der Waals surface area contributed by atoms with Crippen molar-refractivity contribution in [3.05, 3.63) is 17.7 Å². The van der Waals surface area contributed by atoms with Crippen molar-refractivity contribution in [3.63, 3.8) is 0 Å². The molecule has 1 rings (SSSR count). The Hall–Kier alpha value is -1.23. The molecule has 88 valence electrons. The first-order chi connectivity index (χ1) is 7.21. The van der Waals surface area contributed by atoms with E-state index in [1.54, 1.807) is 0 Å². The topological polar surface area (TPSA) is 107 Å². The van der Waals surface area contributed by atoms with Crippen LogP contribution < -0.4 is 9.67 Å². The molecule has 0 heterocycles. The summed E-state index contributed by atoms with van der Waals surface area (Å²) >= 11 is -5.04. The number of anilines is 1. The molecule has 16 heavy (non-hydrogen) atoms. The van der Waals surface area contributed by atoms with E-state index in [0.717, 1.165) is 6.07 Å². The second kappa shape index (κ2) is 4.33. The summed E-state index contributed by atoms with van der Waals surface area (Å²) in [4.78, 5) is 10.8. The number of phenolic OH excluding ortho intramolecular Hbond substituents is 1. The molecule has 0 aliphatic heterocycles. The van der Waals surface area contributed by atoms with Gasteiger partial charge in [0.15, 0.2) is 0 Å². The van der Waals surface area contributed by atoms with E-state index in [4.69, 9.17) is 8.19 Å². The Kier molecular flexibility index (Phi) is 3.47. The molecule has 0 radical (unpaired) electrons. The van der Waals surface area contributed by atoms with Crippen molar-refractivity contribution < 1.29 is 21.8 Å². The number of carbonyl (C=O) groups excluding carboxylic acids is 1. The molecule has 1 aromatic rings. The summed E-state index contributed by atoms with van der Waals surface area (Å²) < 4.78 is 29.2. The van der Waals surface area contributed by atoms with E-state index in [-0.39, 0.29) is 15.8 Å². The minimum absolute atomic E-state index is 0.00201.